The molecule has 0 saturated heterocycles. The number of hydrogen-bond donors (Lipinski definition) is 2. The zero-order valence-corrected chi connectivity index (χ0v) is 16.0. The summed E-state index contributed by atoms with van der Waals surface area (Å²) in [4.78, 5) is 16.5. The lowest BCUT2D eigenvalue weighted by molar-refractivity contribution is -0.112. The normalized spacial score (nSPS) is 12.1. The maximum Gasteiger partial charge on any atom is 0.259 e. The summed E-state index contributed by atoms with van der Waals surface area (Å²) in [5.74, 6) is -0.221. The first-order valence-corrected chi connectivity index (χ1v) is 8.72. The molecule has 7 nitrogen and oxygen atoms in total. The third-order valence-electron chi connectivity index (χ3n) is 4.11. The van der Waals surface area contributed by atoms with Gasteiger partial charge in [-0.15, -0.1) is 0 Å². The topological polar surface area (TPSA) is 99.0 Å². The van der Waals surface area contributed by atoms with E-state index in [2.05, 4.69) is 22.0 Å². The van der Waals surface area contributed by atoms with Gasteiger partial charge in [-0.1, -0.05) is 18.7 Å². The molecule has 0 aliphatic rings. The van der Waals surface area contributed by atoms with E-state index in [1.165, 1.54) is 25.2 Å². The number of rotatable bonds is 6. The van der Waals surface area contributed by atoms with Gasteiger partial charge in [0.05, 0.1) is 17.5 Å². The quantitative estimate of drug-likeness (QED) is 0.482. The Morgan fingerprint density at radius 1 is 1.38 bits per heavy atom. The second kappa shape index (κ2) is 8.39. The number of anilines is 2. The average molecular weight is 393 g/mol. The van der Waals surface area contributed by atoms with Crippen molar-refractivity contribution >= 4 is 17.5 Å². The standard InChI is InChI=1S/C21H20FN5O2/c1-4-5-7-14(13(2)22)21(28)25-19-10-9-15(20(23)24-19)17-12-16(26-27(17)3)18-8-6-11-29-18/h4-12H,1H2,2-3H3,(H3,23,24,25,28)/b7-5-,14-13-. The van der Waals surface area contributed by atoms with E-state index in [9.17, 15) is 9.18 Å². The van der Waals surface area contributed by atoms with E-state index in [-0.39, 0.29) is 17.2 Å². The van der Waals surface area contributed by atoms with E-state index in [1.807, 2.05) is 12.1 Å². The minimum absolute atomic E-state index is 0.121. The summed E-state index contributed by atoms with van der Waals surface area (Å²) in [6.07, 6.45) is 5.83. The zero-order chi connectivity index (χ0) is 21.0. The molecule has 3 rings (SSSR count). The molecule has 3 heterocycles. The van der Waals surface area contributed by atoms with E-state index in [0.717, 1.165) is 5.69 Å². The first-order chi connectivity index (χ1) is 13.9. The fourth-order valence-electron chi connectivity index (χ4n) is 2.72. The Hall–Kier alpha value is -3.94. The SMILES string of the molecule is C=C/C=C\C(C(=O)Nc1ccc(-c2cc(-c3ccco3)nn2C)c(N)n1)=C(/C)F. The van der Waals surface area contributed by atoms with Crippen molar-refractivity contribution in [2.75, 3.05) is 11.1 Å². The number of nitrogen functional groups attached to an aromatic ring is 1. The van der Waals surface area contributed by atoms with Crippen LogP contribution in [0.15, 0.2) is 77.2 Å². The van der Waals surface area contributed by atoms with Crippen LogP contribution in [0.1, 0.15) is 6.92 Å². The van der Waals surface area contributed by atoms with E-state index in [4.69, 9.17) is 10.2 Å². The number of allylic oxidation sites excluding steroid dienone is 3. The van der Waals surface area contributed by atoms with Gasteiger partial charge in [-0.2, -0.15) is 5.10 Å². The minimum atomic E-state index is -0.636. The van der Waals surface area contributed by atoms with Crippen molar-refractivity contribution in [2.45, 2.75) is 6.92 Å². The molecule has 3 aromatic rings. The summed E-state index contributed by atoms with van der Waals surface area (Å²) >= 11 is 0. The summed E-state index contributed by atoms with van der Waals surface area (Å²) in [5.41, 5.74) is 8.01. The predicted molar refractivity (Wildman–Crippen MR) is 110 cm³/mol. The molecule has 0 aliphatic carbocycles. The molecule has 0 unspecified atom stereocenters. The summed E-state index contributed by atoms with van der Waals surface area (Å²) in [6.45, 7) is 4.71. The van der Waals surface area contributed by atoms with Crippen LogP contribution in [0.2, 0.25) is 0 Å². The Kier molecular flexibility index (Phi) is 5.73. The molecule has 0 saturated carbocycles. The summed E-state index contributed by atoms with van der Waals surface area (Å²) in [5, 5.41) is 6.96. The molecule has 0 aromatic carbocycles. The summed E-state index contributed by atoms with van der Waals surface area (Å²) < 4.78 is 20.7. The first kappa shape index (κ1) is 19.8. The first-order valence-electron chi connectivity index (χ1n) is 8.72. The number of halogens is 1. The number of nitrogens with one attached hydrogen (secondary N) is 1. The van der Waals surface area contributed by atoms with E-state index in [1.54, 1.807) is 36.2 Å². The van der Waals surface area contributed by atoms with Crippen LogP contribution in [0.5, 0.6) is 0 Å². The second-order valence-corrected chi connectivity index (χ2v) is 6.14. The van der Waals surface area contributed by atoms with Gasteiger partial charge in [0.15, 0.2) is 5.76 Å². The number of furan rings is 1. The third kappa shape index (κ3) is 4.32. The Balaban J connectivity index is 1.86. The molecule has 0 radical (unpaired) electrons. The van der Waals surface area contributed by atoms with Crippen molar-refractivity contribution in [1.29, 1.82) is 0 Å². The molecule has 8 heteroatoms. The highest BCUT2D eigenvalue weighted by Crippen LogP contribution is 2.29. The molecule has 0 fully saturated rings. The van der Waals surface area contributed by atoms with Crippen molar-refractivity contribution in [3.8, 4) is 22.7 Å². The number of nitrogens with zero attached hydrogens (tertiary/aromatic N) is 3. The van der Waals surface area contributed by atoms with E-state index in [0.29, 0.717) is 17.0 Å². The van der Waals surface area contributed by atoms with Gasteiger partial charge in [-0.25, -0.2) is 9.37 Å². The molecule has 3 aromatic heterocycles. The summed E-state index contributed by atoms with van der Waals surface area (Å²) in [7, 11) is 1.78. The maximum atomic E-state index is 13.6. The van der Waals surface area contributed by atoms with Crippen molar-refractivity contribution in [3.05, 3.63) is 72.8 Å². The fourth-order valence-corrected chi connectivity index (χ4v) is 2.72. The number of aromatic nitrogens is 3. The molecule has 3 N–H and O–H groups in total. The van der Waals surface area contributed by atoms with Gasteiger partial charge in [-0.05, 0) is 43.3 Å². The van der Waals surface area contributed by atoms with Gasteiger partial charge < -0.3 is 15.5 Å². The average Bonchev–Trinajstić information content (AvgIpc) is 3.32. The predicted octanol–water partition coefficient (Wildman–Crippen LogP) is 4.25. The van der Waals surface area contributed by atoms with Crippen LogP contribution in [0.4, 0.5) is 16.0 Å². The maximum absolute atomic E-state index is 13.6. The van der Waals surface area contributed by atoms with Crippen LogP contribution < -0.4 is 11.1 Å². The number of aryl methyl sites for hydroxylation is 1. The van der Waals surface area contributed by atoms with E-state index < -0.39 is 11.7 Å². The summed E-state index contributed by atoms with van der Waals surface area (Å²) in [6, 6.07) is 8.73. The van der Waals surface area contributed by atoms with Crippen LogP contribution in [0.25, 0.3) is 22.7 Å². The van der Waals surface area contributed by atoms with Crippen molar-refractivity contribution in [1.82, 2.24) is 14.8 Å². The molecule has 0 atom stereocenters. The number of hydrogen-bond acceptors (Lipinski definition) is 5. The number of nitrogens with two attached hydrogens (primary N) is 1. The van der Waals surface area contributed by atoms with Crippen molar-refractivity contribution in [2.24, 2.45) is 7.05 Å². The smallest absolute Gasteiger partial charge is 0.259 e. The molecule has 1 amide bonds. The Morgan fingerprint density at radius 2 is 2.17 bits per heavy atom. The Labute approximate surface area is 167 Å². The van der Waals surface area contributed by atoms with Gasteiger partial charge in [0.1, 0.15) is 23.2 Å². The molecule has 148 valence electrons. The lowest BCUT2D eigenvalue weighted by Gasteiger charge is -2.09. The van der Waals surface area contributed by atoms with Gasteiger partial charge in [0.25, 0.3) is 5.91 Å². The number of amides is 1. The van der Waals surface area contributed by atoms with Crippen LogP contribution in [-0.4, -0.2) is 20.7 Å². The number of carbonyl (C=O) groups is 1. The minimum Gasteiger partial charge on any atom is -0.463 e. The highest BCUT2D eigenvalue weighted by Gasteiger charge is 2.16. The molecule has 29 heavy (non-hydrogen) atoms. The highest BCUT2D eigenvalue weighted by molar-refractivity contribution is 6.05. The monoisotopic (exact) mass is 393 g/mol. The molecule has 0 bridgehead atoms. The van der Waals surface area contributed by atoms with Gasteiger partial charge in [-0.3, -0.25) is 9.48 Å². The molecular formula is C21H20FN5O2. The van der Waals surface area contributed by atoms with Gasteiger partial charge >= 0.3 is 0 Å². The van der Waals surface area contributed by atoms with Crippen molar-refractivity contribution < 1.29 is 13.6 Å². The number of pyridine rings is 1. The second-order valence-electron chi connectivity index (χ2n) is 6.14. The Morgan fingerprint density at radius 3 is 2.79 bits per heavy atom. The molecular weight excluding hydrogens is 373 g/mol. The van der Waals surface area contributed by atoms with Crippen molar-refractivity contribution in [3.63, 3.8) is 0 Å². The lowest BCUT2D eigenvalue weighted by atomic mass is 10.1. The lowest BCUT2D eigenvalue weighted by Crippen LogP contribution is -2.15. The van der Waals surface area contributed by atoms with E-state index >= 15 is 0 Å². The highest BCUT2D eigenvalue weighted by atomic mass is 19.1. The fraction of sp³-hybridized carbons (Fsp3) is 0.0952. The largest absolute Gasteiger partial charge is 0.463 e. The van der Waals surface area contributed by atoms with Crippen LogP contribution in [-0.2, 0) is 11.8 Å². The Bertz CT molecular complexity index is 1110. The third-order valence-corrected chi connectivity index (χ3v) is 4.11. The van der Waals surface area contributed by atoms with Crippen LogP contribution in [0.3, 0.4) is 0 Å². The van der Waals surface area contributed by atoms with Gasteiger partial charge in [0.2, 0.25) is 0 Å². The van der Waals surface area contributed by atoms with Crippen LogP contribution >= 0.6 is 0 Å². The zero-order valence-electron chi connectivity index (χ0n) is 16.0. The van der Waals surface area contributed by atoms with Gasteiger partial charge in [0, 0.05) is 12.6 Å². The molecule has 0 spiro atoms. The molecule has 0 aliphatic heterocycles. The number of carbonyl (C=O) groups excluding carboxylic acids is 1. The van der Waals surface area contributed by atoms with Crippen LogP contribution in [0, 0.1) is 0 Å².